The fraction of sp³-hybridized carbons (Fsp3) is 1.00. The van der Waals surface area contributed by atoms with Gasteiger partial charge in [0.05, 0.1) is 5.66 Å². The summed E-state index contributed by atoms with van der Waals surface area (Å²) in [5.74, 6) is 0. The van der Waals surface area contributed by atoms with Crippen LogP contribution in [0.4, 0.5) is 0 Å². The fourth-order valence-corrected chi connectivity index (χ4v) is 1.56. The SMILES string of the molecule is CC1(C)NCC2(C)NN12. The number of rotatable bonds is 0. The fourth-order valence-electron chi connectivity index (χ4n) is 1.56. The second-order valence-corrected chi connectivity index (χ2v) is 3.63. The smallest absolute Gasteiger partial charge is 0.109 e. The third kappa shape index (κ3) is 0.569. The van der Waals surface area contributed by atoms with Gasteiger partial charge in [0.2, 0.25) is 0 Å². The predicted octanol–water partition coefficient (Wildman–Crippen LogP) is -0.138. The molecule has 0 aliphatic carbocycles. The molecule has 2 aliphatic heterocycles. The zero-order valence-corrected chi connectivity index (χ0v) is 6.15. The highest BCUT2D eigenvalue weighted by Crippen LogP contribution is 2.36. The van der Waals surface area contributed by atoms with Gasteiger partial charge in [-0.05, 0) is 20.8 Å². The second kappa shape index (κ2) is 1.17. The van der Waals surface area contributed by atoms with Crippen molar-refractivity contribution in [2.24, 2.45) is 0 Å². The van der Waals surface area contributed by atoms with E-state index in [0.29, 0.717) is 0 Å². The molecule has 2 aliphatic rings. The summed E-state index contributed by atoms with van der Waals surface area (Å²) < 4.78 is 0. The molecule has 2 unspecified atom stereocenters. The Kier molecular flexibility index (Phi) is 0.732. The van der Waals surface area contributed by atoms with E-state index < -0.39 is 0 Å². The number of nitrogens with zero attached hydrogens (tertiary/aromatic N) is 1. The molecule has 9 heavy (non-hydrogen) atoms. The third-order valence-electron chi connectivity index (χ3n) is 2.22. The molecule has 0 aromatic carbocycles. The van der Waals surface area contributed by atoms with E-state index in [-0.39, 0.29) is 11.3 Å². The van der Waals surface area contributed by atoms with E-state index in [0.717, 1.165) is 6.54 Å². The monoisotopic (exact) mass is 127 g/mol. The maximum atomic E-state index is 3.40. The summed E-state index contributed by atoms with van der Waals surface area (Å²) in [5.41, 5.74) is 3.73. The normalized spacial score (nSPS) is 53.0. The molecule has 2 fully saturated rings. The highest BCUT2D eigenvalue weighted by Gasteiger charge is 2.60. The van der Waals surface area contributed by atoms with Gasteiger partial charge in [-0.25, -0.2) is 10.4 Å². The van der Waals surface area contributed by atoms with Crippen molar-refractivity contribution in [3.63, 3.8) is 0 Å². The molecule has 52 valence electrons. The van der Waals surface area contributed by atoms with Crippen molar-refractivity contribution >= 4 is 0 Å². The topological polar surface area (TPSA) is 37.0 Å². The van der Waals surface area contributed by atoms with Crippen molar-refractivity contribution in [3.8, 4) is 0 Å². The number of nitrogens with one attached hydrogen (secondary N) is 2. The Morgan fingerprint density at radius 2 is 2.00 bits per heavy atom. The van der Waals surface area contributed by atoms with Gasteiger partial charge in [0.15, 0.2) is 0 Å². The van der Waals surface area contributed by atoms with E-state index in [1.807, 2.05) is 0 Å². The van der Waals surface area contributed by atoms with Crippen molar-refractivity contribution < 1.29 is 0 Å². The van der Waals surface area contributed by atoms with E-state index in [2.05, 4.69) is 36.5 Å². The molecule has 3 nitrogen and oxygen atoms in total. The van der Waals surface area contributed by atoms with Gasteiger partial charge in [-0.3, -0.25) is 5.32 Å². The standard InChI is InChI=1S/C6H13N3/c1-5(2)7-4-6(3)8-9(5)6/h7-8H,4H2,1-3H3. The minimum atomic E-state index is 0.161. The predicted molar refractivity (Wildman–Crippen MR) is 35.5 cm³/mol. The van der Waals surface area contributed by atoms with Crippen LogP contribution in [0.25, 0.3) is 0 Å². The van der Waals surface area contributed by atoms with Gasteiger partial charge in [-0.2, -0.15) is 0 Å². The molecule has 0 spiro atoms. The Morgan fingerprint density at radius 3 is 2.11 bits per heavy atom. The molecule has 0 bridgehead atoms. The van der Waals surface area contributed by atoms with Gasteiger partial charge in [-0.1, -0.05) is 0 Å². The van der Waals surface area contributed by atoms with Crippen LogP contribution in [0.2, 0.25) is 0 Å². The average Bonchev–Trinajstić information content (AvgIpc) is 2.35. The van der Waals surface area contributed by atoms with E-state index in [1.54, 1.807) is 0 Å². The first-order chi connectivity index (χ1) is 4.05. The Hall–Kier alpha value is -0.120. The largest absolute Gasteiger partial charge is 0.295 e. The Labute approximate surface area is 55.4 Å². The lowest BCUT2D eigenvalue weighted by atomic mass is 10.3. The van der Waals surface area contributed by atoms with Crippen molar-refractivity contribution in [1.29, 1.82) is 0 Å². The molecule has 0 aromatic heterocycles. The summed E-state index contributed by atoms with van der Waals surface area (Å²) in [6, 6.07) is 0. The Morgan fingerprint density at radius 1 is 1.33 bits per heavy atom. The number of hydrogen-bond acceptors (Lipinski definition) is 3. The number of hydrogen-bond donors (Lipinski definition) is 2. The van der Waals surface area contributed by atoms with Crippen LogP contribution in [0.5, 0.6) is 0 Å². The highest BCUT2D eigenvalue weighted by molar-refractivity contribution is 5.09. The van der Waals surface area contributed by atoms with E-state index in [4.69, 9.17) is 0 Å². The van der Waals surface area contributed by atoms with Gasteiger partial charge >= 0.3 is 0 Å². The van der Waals surface area contributed by atoms with Gasteiger partial charge in [0.25, 0.3) is 0 Å². The summed E-state index contributed by atoms with van der Waals surface area (Å²) in [5, 5.41) is 5.65. The molecule has 2 heterocycles. The first kappa shape index (κ1) is 5.65. The third-order valence-corrected chi connectivity index (χ3v) is 2.22. The first-order valence-corrected chi connectivity index (χ1v) is 3.38. The van der Waals surface area contributed by atoms with E-state index in [1.165, 1.54) is 0 Å². The molecule has 3 heteroatoms. The van der Waals surface area contributed by atoms with Crippen molar-refractivity contribution in [2.45, 2.75) is 32.1 Å². The van der Waals surface area contributed by atoms with Crippen molar-refractivity contribution in [2.75, 3.05) is 6.54 Å². The van der Waals surface area contributed by atoms with Gasteiger partial charge in [0.1, 0.15) is 5.66 Å². The minimum Gasteiger partial charge on any atom is -0.295 e. The molecule has 0 saturated carbocycles. The summed E-state index contributed by atoms with van der Waals surface area (Å²) >= 11 is 0. The van der Waals surface area contributed by atoms with Gasteiger partial charge in [0, 0.05) is 6.54 Å². The van der Waals surface area contributed by atoms with E-state index >= 15 is 0 Å². The lowest BCUT2D eigenvalue weighted by Gasteiger charge is -2.20. The molecule has 2 N–H and O–H groups in total. The summed E-state index contributed by atoms with van der Waals surface area (Å²) in [6.45, 7) is 7.62. The zero-order valence-electron chi connectivity index (χ0n) is 6.15. The van der Waals surface area contributed by atoms with Crippen LogP contribution in [0.3, 0.4) is 0 Å². The zero-order chi connectivity index (χ0) is 6.70. The molecular formula is C6H13N3. The molecule has 0 aromatic rings. The molecule has 0 radical (unpaired) electrons. The maximum Gasteiger partial charge on any atom is 0.109 e. The van der Waals surface area contributed by atoms with Gasteiger partial charge in [-0.15, -0.1) is 0 Å². The van der Waals surface area contributed by atoms with Crippen LogP contribution in [0.1, 0.15) is 20.8 Å². The quantitative estimate of drug-likeness (QED) is 0.445. The molecular weight excluding hydrogens is 114 g/mol. The van der Waals surface area contributed by atoms with Crippen LogP contribution in [-0.4, -0.2) is 22.9 Å². The summed E-state index contributed by atoms with van der Waals surface area (Å²) in [6.07, 6.45) is 0. The lowest BCUT2D eigenvalue weighted by Crippen LogP contribution is -2.43. The molecule has 2 rings (SSSR count). The van der Waals surface area contributed by atoms with Crippen molar-refractivity contribution in [3.05, 3.63) is 0 Å². The second-order valence-electron chi connectivity index (χ2n) is 3.63. The average molecular weight is 127 g/mol. The Bertz CT molecular complexity index is 154. The number of fused-ring (bicyclic) bond motifs is 1. The van der Waals surface area contributed by atoms with Crippen molar-refractivity contribution in [1.82, 2.24) is 15.8 Å². The molecule has 2 saturated heterocycles. The highest BCUT2D eigenvalue weighted by atomic mass is 15.9. The molecule has 0 amide bonds. The first-order valence-electron chi connectivity index (χ1n) is 3.38. The van der Waals surface area contributed by atoms with Crippen LogP contribution in [-0.2, 0) is 0 Å². The lowest BCUT2D eigenvalue weighted by molar-refractivity contribution is 0.237. The molecule has 2 atom stereocenters. The Balaban J connectivity index is 2.21. The number of hydrazine groups is 1. The van der Waals surface area contributed by atoms with E-state index in [9.17, 15) is 0 Å². The van der Waals surface area contributed by atoms with Gasteiger partial charge < -0.3 is 0 Å². The van der Waals surface area contributed by atoms with Crippen LogP contribution in [0, 0.1) is 0 Å². The summed E-state index contributed by atoms with van der Waals surface area (Å²) in [4.78, 5) is 0. The van der Waals surface area contributed by atoms with Crippen LogP contribution in [0.15, 0.2) is 0 Å². The van der Waals surface area contributed by atoms with Crippen LogP contribution >= 0.6 is 0 Å². The maximum absolute atomic E-state index is 3.40. The van der Waals surface area contributed by atoms with Crippen LogP contribution < -0.4 is 10.7 Å². The summed E-state index contributed by atoms with van der Waals surface area (Å²) in [7, 11) is 0. The minimum absolute atomic E-state index is 0.161.